The number of thiophene rings is 1. The minimum Gasteiger partial charge on any atom is -0.459 e. The van der Waals surface area contributed by atoms with Crippen LogP contribution in [0.4, 0.5) is 13.2 Å². The van der Waals surface area contributed by atoms with E-state index in [0.29, 0.717) is 4.88 Å². The van der Waals surface area contributed by atoms with Crippen LogP contribution >= 0.6 is 23.1 Å². The van der Waals surface area contributed by atoms with Gasteiger partial charge >= 0.3 is 12.1 Å². The zero-order chi connectivity index (χ0) is 19.5. The standard InChI is InChI=1S/C17H15F3N2O2S2/c1-16(2,3)24-14(23)9-26-15-10(8-21)11(17(18,19)20)7-12(22-15)13-5-4-6-25-13/h4-7H,9H2,1-3H3/p+1. The second kappa shape index (κ2) is 7.68. The van der Waals surface area contributed by atoms with Crippen molar-refractivity contribution in [2.75, 3.05) is 5.75 Å². The fourth-order valence-electron chi connectivity index (χ4n) is 2.07. The van der Waals surface area contributed by atoms with E-state index in [-0.39, 0.29) is 16.5 Å². The lowest BCUT2D eigenvalue weighted by molar-refractivity contribution is -0.414. The molecule has 0 aliphatic carbocycles. The Bertz CT molecular complexity index is 835. The van der Waals surface area contributed by atoms with Crippen molar-refractivity contribution in [1.82, 2.24) is 0 Å². The number of carbonyl (C=O) groups excluding carboxylic acids is 1. The predicted molar refractivity (Wildman–Crippen MR) is 92.6 cm³/mol. The van der Waals surface area contributed by atoms with Crippen molar-refractivity contribution in [2.45, 2.75) is 37.6 Å². The SMILES string of the molecule is CC(C)(C)OC(=O)CSc1[nH+]c(-c2cccs2)cc(C(F)(F)F)c1C#N. The Morgan fingerprint density at radius 2 is 2.08 bits per heavy atom. The molecule has 0 saturated heterocycles. The van der Waals surface area contributed by atoms with E-state index >= 15 is 0 Å². The van der Waals surface area contributed by atoms with E-state index in [1.807, 2.05) is 0 Å². The number of halogens is 3. The first-order valence-electron chi connectivity index (χ1n) is 7.47. The van der Waals surface area contributed by atoms with Gasteiger partial charge in [-0.05, 0) is 44.0 Å². The molecule has 0 aliphatic rings. The van der Waals surface area contributed by atoms with Gasteiger partial charge in [0.05, 0.1) is 10.4 Å². The third kappa shape index (κ3) is 5.22. The average molecular weight is 401 g/mol. The van der Waals surface area contributed by atoms with Crippen LogP contribution in [0, 0.1) is 11.3 Å². The number of hydrogen-bond donors (Lipinski definition) is 0. The van der Waals surface area contributed by atoms with Gasteiger partial charge in [-0.3, -0.25) is 4.79 Å². The first kappa shape index (κ1) is 20.3. The molecule has 0 spiro atoms. The van der Waals surface area contributed by atoms with E-state index in [4.69, 9.17) is 4.74 Å². The average Bonchev–Trinajstić information content (AvgIpc) is 3.03. The zero-order valence-corrected chi connectivity index (χ0v) is 15.9. The molecular formula is C17H16F3N2O2S2+. The molecule has 2 aromatic rings. The van der Waals surface area contributed by atoms with Crippen LogP contribution in [0.25, 0.3) is 10.6 Å². The summed E-state index contributed by atoms with van der Waals surface area (Å²) in [4.78, 5) is 15.3. The van der Waals surface area contributed by atoms with E-state index in [1.54, 1.807) is 44.4 Å². The number of H-pyrrole nitrogens is 1. The number of esters is 1. The number of ether oxygens (including phenoxy) is 1. The van der Waals surface area contributed by atoms with Crippen LogP contribution in [0.1, 0.15) is 31.9 Å². The summed E-state index contributed by atoms with van der Waals surface area (Å²) in [6.45, 7) is 5.09. The van der Waals surface area contributed by atoms with Crippen LogP contribution < -0.4 is 4.98 Å². The van der Waals surface area contributed by atoms with Gasteiger partial charge in [0.15, 0.2) is 0 Å². The lowest BCUT2D eigenvalue weighted by Crippen LogP contribution is -2.25. The number of aromatic amines is 1. The van der Waals surface area contributed by atoms with Crippen LogP contribution in [-0.2, 0) is 15.7 Å². The third-order valence-corrected chi connectivity index (χ3v) is 4.87. The van der Waals surface area contributed by atoms with Crippen molar-refractivity contribution >= 4 is 29.1 Å². The fraction of sp³-hybridized carbons (Fsp3) is 0.353. The van der Waals surface area contributed by atoms with Crippen LogP contribution in [0.15, 0.2) is 28.6 Å². The van der Waals surface area contributed by atoms with E-state index < -0.39 is 28.9 Å². The number of carbonyl (C=O) groups is 1. The Morgan fingerprint density at radius 1 is 1.38 bits per heavy atom. The van der Waals surface area contributed by atoms with Crippen molar-refractivity contribution in [3.05, 3.63) is 34.7 Å². The normalized spacial score (nSPS) is 11.9. The Kier molecular flexibility index (Phi) is 5.98. The summed E-state index contributed by atoms with van der Waals surface area (Å²) >= 11 is 2.08. The highest BCUT2D eigenvalue weighted by Crippen LogP contribution is 2.37. The van der Waals surface area contributed by atoms with Gasteiger partial charge in [-0.2, -0.15) is 23.4 Å². The fourth-order valence-corrected chi connectivity index (χ4v) is 3.57. The summed E-state index contributed by atoms with van der Waals surface area (Å²) < 4.78 is 45.3. The lowest BCUT2D eigenvalue weighted by atomic mass is 10.1. The molecule has 138 valence electrons. The number of hydrogen-bond acceptors (Lipinski definition) is 5. The van der Waals surface area contributed by atoms with Gasteiger partial charge < -0.3 is 4.74 Å². The Hall–Kier alpha value is -2.05. The van der Waals surface area contributed by atoms with Gasteiger partial charge in [0.1, 0.15) is 23.0 Å². The monoisotopic (exact) mass is 401 g/mol. The van der Waals surface area contributed by atoms with Gasteiger partial charge in [-0.15, -0.1) is 11.3 Å². The van der Waals surface area contributed by atoms with Gasteiger partial charge in [0, 0.05) is 6.07 Å². The number of aromatic nitrogens is 1. The highest BCUT2D eigenvalue weighted by atomic mass is 32.2. The van der Waals surface area contributed by atoms with E-state index in [1.165, 1.54) is 11.3 Å². The Balaban J connectivity index is 2.42. The van der Waals surface area contributed by atoms with Crippen molar-refractivity contribution in [1.29, 1.82) is 5.26 Å². The maximum atomic E-state index is 13.4. The van der Waals surface area contributed by atoms with Crippen molar-refractivity contribution < 1.29 is 27.7 Å². The molecule has 0 unspecified atom stereocenters. The van der Waals surface area contributed by atoms with Crippen molar-refractivity contribution in [3.63, 3.8) is 0 Å². The minimum absolute atomic E-state index is 0.0171. The highest BCUT2D eigenvalue weighted by molar-refractivity contribution is 7.99. The zero-order valence-electron chi connectivity index (χ0n) is 14.2. The number of nitriles is 1. The lowest BCUT2D eigenvalue weighted by Gasteiger charge is -2.19. The number of nitrogens with one attached hydrogen (secondary N) is 1. The molecule has 0 bridgehead atoms. The topological polar surface area (TPSA) is 64.2 Å². The molecule has 2 heterocycles. The van der Waals surface area contributed by atoms with Crippen molar-refractivity contribution in [2.24, 2.45) is 0 Å². The maximum Gasteiger partial charge on any atom is 0.418 e. The number of rotatable bonds is 4. The first-order chi connectivity index (χ1) is 12.0. The largest absolute Gasteiger partial charge is 0.459 e. The summed E-state index contributed by atoms with van der Waals surface area (Å²) in [7, 11) is 0. The first-order valence-corrected chi connectivity index (χ1v) is 9.34. The van der Waals surface area contributed by atoms with Gasteiger partial charge in [-0.25, -0.2) is 0 Å². The minimum atomic E-state index is -4.69. The second-order valence-corrected chi connectivity index (χ2v) is 8.20. The number of nitrogens with zero attached hydrogens (tertiary/aromatic N) is 1. The molecule has 2 rings (SSSR count). The second-order valence-electron chi connectivity index (χ2n) is 6.26. The van der Waals surface area contributed by atoms with Crippen LogP contribution in [0.2, 0.25) is 0 Å². The van der Waals surface area contributed by atoms with Gasteiger partial charge in [0.25, 0.3) is 5.03 Å². The quantitative estimate of drug-likeness (QED) is 0.557. The Labute approximate surface area is 157 Å². The Morgan fingerprint density at radius 3 is 2.58 bits per heavy atom. The highest BCUT2D eigenvalue weighted by Gasteiger charge is 2.38. The molecule has 0 aromatic carbocycles. The molecule has 0 atom stereocenters. The summed E-state index contributed by atoms with van der Waals surface area (Å²) in [6, 6.07) is 5.90. The van der Waals surface area contributed by atoms with Crippen molar-refractivity contribution in [3.8, 4) is 16.6 Å². The number of alkyl halides is 3. The van der Waals surface area contributed by atoms with E-state index in [0.717, 1.165) is 17.8 Å². The summed E-state index contributed by atoms with van der Waals surface area (Å²) in [5.41, 5.74) is -2.03. The van der Waals surface area contributed by atoms with Crippen LogP contribution in [0.5, 0.6) is 0 Å². The summed E-state index contributed by atoms with van der Waals surface area (Å²) in [6.07, 6.45) is -4.69. The van der Waals surface area contributed by atoms with Gasteiger partial charge in [-0.1, -0.05) is 6.07 Å². The third-order valence-electron chi connectivity index (χ3n) is 2.99. The van der Waals surface area contributed by atoms with E-state index in [9.17, 15) is 23.2 Å². The molecule has 0 fully saturated rings. The number of thioether (sulfide) groups is 1. The summed E-state index contributed by atoms with van der Waals surface area (Å²) in [5.74, 6) is -0.789. The molecule has 1 N–H and O–H groups in total. The molecule has 2 aromatic heterocycles. The predicted octanol–water partition coefficient (Wildman–Crippen LogP) is 4.55. The number of pyridine rings is 1. The molecule has 0 radical (unpaired) electrons. The molecule has 0 aliphatic heterocycles. The van der Waals surface area contributed by atoms with Crippen LogP contribution in [-0.4, -0.2) is 17.3 Å². The molecule has 26 heavy (non-hydrogen) atoms. The molecule has 0 saturated carbocycles. The summed E-state index contributed by atoms with van der Waals surface area (Å²) in [5, 5.41) is 11.0. The smallest absolute Gasteiger partial charge is 0.418 e. The molecule has 9 heteroatoms. The molecular weight excluding hydrogens is 385 g/mol. The van der Waals surface area contributed by atoms with Gasteiger partial charge in [0.2, 0.25) is 5.69 Å². The van der Waals surface area contributed by atoms with Crippen LogP contribution in [0.3, 0.4) is 0 Å². The maximum absolute atomic E-state index is 13.4. The van der Waals surface area contributed by atoms with E-state index in [2.05, 4.69) is 4.98 Å². The molecule has 4 nitrogen and oxygen atoms in total. The molecule has 0 amide bonds.